The molecule has 1 aromatic rings. The van der Waals surface area contributed by atoms with Gasteiger partial charge in [0.1, 0.15) is 0 Å². The molecule has 0 bridgehead atoms. The molecule has 2 N–H and O–H groups in total. The Hall–Kier alpha value is -1.61. The minimum Gasteiger partial charge on any atom is -0.287 e. The van der Waals surface area contributed by atoms with E-state index in [4.69, 9.17) is 0 Å². The van der Waals surface area contributed by atoms with Crippen molar-refractivity contribution in [3.05, 3.63) is 48.6 Å². The van der Waals surface area contributed by atoms with Crippen LogP contribution in [0.4, 0.5) is 0 Å². The van der Waals surface area contributed by atoms with Crippen LogP contribution in [-0.4, -0.2) is 11.9 Å². The lowest BCUT2D eigenvalue weighted by atomic mass is 10.2. The molecular formula is C12H16N2O. The van der Waals surface area contributed by atoms with Crippen molar-refractivity contribution in [2.75, 3.05) is 0 Å². The fourth-order valence-corrected chi connectivity index (χ4v) is 1.16. The third-order valence-electron chi connectivity index (χ3n) is 1.99. The van der Waals surface area contributed by atoms with Crippen molar-refractivity contribution in [3.8, 4) is 0 Å². The van der Waals surface area contributed by atoms with Gasteiger partial charge in [-0.15, -0.1) is 6.58 Å². The summed E-state index contributed by atoms with van der Waals surface area (Å²) in [5, 5.41) is 0. The normalized spacial score (nSPS) is 11.8. The van der Waals surface area contributed by atoms with Gasteiger partial charge in [0.15, 0.2) is 0 Å². The van der Waals surface area contributed by atoms with E-state index in [1.165, 1.54) is 0 Å². The Labute approximate surface area is 90.2 Å². The van der Waals surface area contributed by atoms with Crippen LogP contribution in [0, 0.1) is 0 Å². The predicted octanol–water partition coefficient (Wildman–Crippen LogP) is 1.89. The van der Waals surface area contributed by atoms with Gasteiger partial charge >= 0.3 is 0 Å². The average Bonchev–Trinajstić information content (AvgIpc) is 2.27. The van der Waals surface area contributed by atoms with E-state index in [0.29, 0.717) is 5.56 Å². The molecule has 0 heterocycles. The molecule has 0 unspecified atom stereocenters. The van der Waals surface area contributed by atoms with Crippen molar-refractivity contribution in [2.45, 2.75) is 19.4 Å². The Balaban J connectivity index is 2.40. The highest BCUT2D eigenvalue weighted by Gasteiger charge is 2.04. The van der Waals surface area contributed by atoms with Crippen LogP contribution >= 0.6 is 0 Å². The van der Waals surface area contributed by atoms with Crippen molar-refractivity contribution in [1.82, 2.24) is 10.9 Å². The predicted molar refractivity (Wildman–Crippen MR) is 61.3 cm³/mol. The summed E-state index contributed by atoms with van der Waals surface area (Å²) in [6, 6.07) is 9.29. The average molecular weight is 204 g/mol. The fourth-order valence-electron chi connectivity index (χ4n) is 1.16. The molecule has 15 heavy (non-hydrogen) atoms. The Morgan fingerprint density at radius 3 is 2.73 bits per heavy atom. The van der Waals surface area contributed by atoms with Crippen LogP contribution in [0.15, 0.2) is 43.0 Å². The first-order valence-corrected chi connectivity index (χ1v) is 4.96. The minimum absolute atomic E-state index is 0.119. The number of amides is 1. The van der Waals surface area contributed by atoms with Crippen LogP contribution in [0.2, 0.25) is 0 Å². The highest BCUT2D eigenvalue weighted by molar-refractivity contribution is 5.93. The number of benzene rings is 1. The molecule has 1 amide bonds. The molecule has 0 aliphatic rings. The van der Waals surface area contributed by atoms with Crippen LogP contribution in [-0.2, 0) is 0 Å². The summed E-state index contributed by atoms with van der Waals surface area (Å²) in [4.78, 5) is 11.6. The summed E-state index contributed by atoms with van der Waals surface area (Å²) in [7, 11) is 0. The molecule has 0 saturated heterocycles. The third-order valence-corrected chi connectivity index (χ3v) is 1.99. The second-order valence-corrected chi connectivity index (χ2v) is 3.39. The van der Waals surface area contributed by atoms with Gasteiger partial charge in [0.25, 0.3) is 5.91 Å². The molecule has 0 spiro atoms. The van der Waals surface area contributed by atoms with Crippen LogP contribution < -0.4 is 10.9 Å². The number of hydrazine groups is 1. The van der Waals surface area contributed by atoms with E-state index < -0.39 is 0 Å². The SMILES string of the molecule is C=CC[C@@H](C)NNC(=O)c1ccccc1. The molecule has 0 radical (unpaired) electrons. The number of carbonyl (C=O) groups is 1. The third kappa shape index (κ3) is 3.95. The topological polar surface area (TPSA) is 41.1 Å². The van der Waals surface area contributed by atoms with E-state index in [0.717, 1.165) is 6.42 Å². The highest BCUT2D eigenvalue weighted by Crippen LogP contribution is 1.97. The summed E-state index contributed by atoms with van der Waals surface area (Å²) in [6.07, 6.45) is 2.63. The van der Waals surface area contributed by atoms with E-state index in [1.54, 1.807) is 12.1 Å². The van der Waals surface area contributed by atoms with Crippen molar-refractivity contribution < 1.29 is 4.79 Å². The fraction of sp³-hybridized carbons (Fsp3) is 0.250. The Morgan fingerprint density at radius 2 is 2.13 bits per heavy atom. The molecule has 0 aliphatic heterocycles. The highest BCUT2D eigenvalue weighted by atomic mass is 16.2. The molecule has 3 nitrogen and oxygen atoms in total. The first kappa shape index (κ1) is 11.5. The van der Waals surface area contributed by atoms with Crippen LogP contribution in [0.5, 0.6) is 0 Å². The quantitative estimate of drug-likeness (QED) is 0.568. The van der Waals surface area contributed by atoms with Gasteiger partial charge in [-0.1, -0.05) is 24.3 Å². The lowest BCUT2D eigenvalue weighted by Crippen LogP contribution is -2.42. The van der Waals surface area contributed by atoms with Crippen molar-refractivity contribution in [3.63, 3.8) is 0 Å². The van der Waals surface area contributed by atoms with E-state index >= 15 is 0 Å². The zero-order valence-corrected chi connectivity index (χ0v) is 8.86. The second kappa shape index (κ2) is 5.98. The molecule has 0 saturated carbocycles. The zero-order valence-electron chi connectivity index (χ0n) is 8.86. The van der Waals surface area contributed by atoms with Crippen molar-refractivity contribution in [1.29, 1.82) is 0 Å². The van der Waals surface area contributed by atoms with Gasteiger partial charge in [-0.3, -0.25) is 10.2 Å². The summed E-state index contributed by atoms with van der Waals surface area (Å²) in [5.74, 6) is -0.119. The lowest BCUT2D eigenvalue weighted by molar-refractivity contribution is 0.0926. The van der Waals surface area contributed by atoms with Crippen LogP contribution in [0.3, 0.4) is 0 Å². The van der Waals surface area contributed by atoms with Crippen LogP contribution in [0.1, 0.15) is 23.7 Å². The largest absolute Gasteiger partial charge is 0.287 e. The van der Waals surface area contributed by atoms with Gasteiger partial charge in [-0.2, -0.15) is 0 Å². The van der Waals surface area contributed by atoms with E-state index in [9.17, 15) is 4.79 Å². The maximum Gasteiger partial charge on any atom is 0.265 e. The maximum absolute atomic E-state index is 11.6. The Kier molecular flexibility index (Phi) is 4.57. The van der Waals surface area contributed by atoms with E-state index in [-0.39, 0.29) is 11.9 Å². The summed E-state index contributed by atoms with van der Waals surface area (Å²) >= 11 is 0. The maximum atomic E-state index is 11.6. The first-order valence-electron chi connectivity index (χ1n) is 4.96. The Bertz CT molecular complexity index is 322. The van der Waals surface area contributed by atoms with Gasteiger partial charge in [-0.25, -0.2) is 5.43 Å². The number of hydrogen-bond donors (Lipinski definition) is 2. The standard InChI is InChI=1S/C12H16N2O/c1-3-7-10(2)13-14-12(15)11-8-5-4-6-9-11/h3-6,8-10,13H,1,7H2,2H3,(H,14,15)/t10-/m1/s1. The summed E-state index contributed by atoms with van der Waals surface area (Å²) in [5.41, 5.74) is 6.21. The van der Waals surface area contributed by atoms with E-state index in [1.807, 2.05) is 31.2 Å². The molecule has 80 valence electrons. The minimum atomic E-state index is -0.119. The number of rotatable bonds is 5. The summed E-state index contributed by atoms with van der Waals surface area (Å²) < 4.78 is 0. The number of carbonyl (C=O) groups excluding carboxylic acids is 1. The van der Waals surface area contributed by atoms with Gasteiger partial charge in [0, 0.05) is 11.6 Å². The van der Waals surface area contributed by atoms with Gasteiger partial charge in [-0.05, 0) is 25.5 Å². The summed E-state index contributed by atoms with van der Waals surface area (Å²) in [6.45, 7) is 5.61. The molecule has 0 aromatic heterocycles. The molecule has 0 fully saturated rings. The van der Waals surface area contributed by atoms with E-state index in [2.05, 4.69) is 17.4 Å². The van der Waals surface area contributed by atoms with Gasteiger partial charge in [0.2, 0.25) is 0 Å². The monoisotopic (exact) mass is 204 g/mol. The lowest BCUT2D eigenvalue weighted by Gasteiger charge is -2.12. The Morgan fingerprint density at radius 1 is 1.47 bits per heavy atom. The molecule has 0 aliphatic carbocycles. The molecule has 1 rings (SSSR count). The van der Waals surface area contributed by atoms with Crippen molar-refractivity contribution in [2.24, 2.45) is 0 Å². The second-order valence-electron chi connectivity index (χ2n) is 3.39. The smallest absolute Gasteiger partial charge is 0.265 e. The van der Waals surface area contributed by atoms with Gasteiger partial charge in [0.05, 0.1) is 0 Å². The molecule has 3 heteroatoms. The number of nitrogens with one attached hydrogen (secondary N) is 2. The molecule has 1 atom stereocenters. The number of hydrogen-bond acceptors (Lipinski definition) is 2. The van der Waals surface area contributed by atoms with Gasteiger partial charge < -0.3 is 0 Å². The van der Waals surface area contributed by atoms with Crippen LogP contribution in [0.25, 0.3) is 0 Å². The molecule has 1 aromatic carbocycles. The first-order chi connectivity index (χ1) is 7.24. The van der Waals surface area contributed by atoms with Crippen molar-refractivity contribution >= 4 is 5.91 Å². The molecular weight excluding hydrogens is 188 g/mol. The zero-order chi connectivity index (χ0) is 11.1.